The molecule has 2 unspecified atom stereocenters. The van der Waals surface area contributed by atoms with E-state index in [0.717, 1.165) is 16.7 Å². The number of methoxy groups -OCH3 is 3. The van der Waals surface area contributed by atoms with Crippen molar-refractivity contribution < 1.29 is 42.9 Å². The quantitative estimate of drug-likeness (QED) is 0.287. The number of allylic oxidation sites excluding steroid dienone is 2. The summed E-state index contributed by atoms with van der Waals surface area (Å²) in [7, 11) is 6.41. The summed E-state index contributed by atoms with van der Waals surface area (Å²) in [5, 5.41) is 16.2. The van der Waals surface area contributed by atoms with Gasteiger partial charge in [-0.15, -0.1) is 0 Å². The fraction of sp³-hybridized carbons (Fsp3) is 0.583. The largest absolute Gasteiger partial charge is 0.493 e. The SMILES string of the molecule is COCOc1c(OC)c(C)cc2c1[C@H]1C3CC4=C(C(=O)C(OC)=C(C)C4=O)[C@H](CNC(=O)[C@H](C)NC(=O)OC(C)(C)C)N3[C@@H](C#N)C(C2)N1C. The molecule has 14 heteroatoms. The predicted octanol–water partition coefficient (Wildman–Crippen LogP) is 2.63. The van der Waals surface area contributed by atoms with Crippen molar-refractivity contribution in [2.75, 3.05) is 41.7 Å². The topological polar surface area (TPSA) is 169 Å². The highest BCUT2D eigenvalue weighted by atomic mass is 16.7. The number of fused-ring (bicyclic) bond motifs is 6. The molecule has 0 saturated carbocycles. The highest BCUT2D eigenvalue weighted by Crippen LogP contribution is 2.54. The molecule has 2 bridgehead atoms. The van der Waals surface area contributed by atoms with Gasteiger partial charge in [-0.25, -0.2) is 4.79 Å². The van der Waals surface area contributed by atoms with Gasteiger partial charge in [-0.2, -0.15) is 5.26 Å². The Hall–Kier alpha value is -4.45. The molecule has 0 spiro atoms. The first-order chi connectivity index (χ1) is 23.6. The number of Topliss-reactive ketones (excluding diaryl/α,β-unsaturated/α-hetero) is 2. The van der Waals surface area contributed by atoms with E-state index >= 15 is 0 Å². The lowest BCUT2D eigenvalue weighted by atomic mass is 9.69. The first-order valence-corrected chi connectivity index (χ1v) is 16.7. The maximum Gasteiger partial charge on any atom is 0.408 e. The number of rotatable bonds is 9. The number of ether oxygens (including phenoxy) is 5. The van der Waals surface area contributed by atoms with E-state index in [1.807, 2.05) is 18.9 Å². The lowest BCUT2D eigenvalue weighted by Gasteiger charge is -2.60. The zero-order valence-electron chi connectivity index (χ0n) is 30.4. The van der Waals surface area contributed by atoms with Gasteiger partial charge in [-0.3, -0.25) is 24.2 Å². The highest BCUT2D eigenvalue weighted by molar-refractivity contribution is 6.25. The zero-order chi connectivity index (χ0) is 36.8. The average molecular weight is 694 g/mol. The molecule has 3 heterocycles. The molecular weight excluding hydrogens is 646 g/mol. The minimum absolute atomic E-state index is 0.0302. The Morgan fingerprint density at radius 3 is 2.36 bits per heavy atom. The number of carbonyl (C=O) groups excluding carboxylic acids is 4. The number of hydrogen-bond acceptors (Lipinski definition) is 12. The number of piperazine rings is 1. The summed E-state index contributed by atoms with van der Waals surface area (Å²) in [4.78, 5) is 58.1. The van der Waals surface area contributed by atoms with Gasteiger partial charge in [0.2, 0.25) is 11.7 Å². The van der Waals surface area contributed by atoms with E-state index in [0.29, 0.717) is 23.5 Å². The van der Waals surface area contributed by atoms with Crippen LogP contribution in [0.2, 0.25) is 0 Å². The van der Waals surface area contributed by atoms with Crippen LogP contribution in [0.15, 0.2) is 28.5 Å². The molecule has 1 fully saturated rings. The maximum absolute atomic E-state index is 14.1. The van der Waals surface area contributed by atoms with Crippen molar-refractivity contribution in [1.29, 1.82) is 5.26 Å². The monoisotopic (exact) mass is 693 g/mol. The van der Waals surface area contributed by atoms with Crippen LogP contribution in [0, 0.1) is 18.3 Å². The Morgan fingerprint density at radius 1 is 1.06 bits per heavy atom. The molecule has 1 saturated heterocycles. The van der Waals surface area contributed by atoms with E-state index in [1.165, 1.54) is 21.1 Å². The Bertz CT molecular complexity index is 1700. The summed E-state index contributed by atoms with van der Waals surface area (Å²) in [6, 6.07) is 0.775. The summed E-state index contributed by atoms with van der Waals surface area (Å²) in [5.41, 5.74) is 2.68. The Labute approximate surface area is 292 Å². The molecule has 4 aliphatic rings. The van der Waals surface area contributed by atoms with E-state index in [9.17, 15) is 24.4 Å². The van der Waals surface area contributed by atoms with Crippen LogP contribution in [0.4, 0.5) is 4.79 Å². The van der Waals surface area contributed by atoms with E-state index < -0.39 is 53.6 Å². The normalized spacial score (nSPS) is 25.5. The number of benzene rings is 1. The summed E-state index contributed by atoms with van der Waals surface area (Å²) >= 11 is 0. The van der Waals surface area contributed by atoms with Crippen LogP contribution in [0.1, 0.15) is 63.8 Å². The van der Waals surface area contributed by atoms with Gasteiger partial charge >= 0.3 is 6.09 Å². The zero-order valence-corrected chi connectivity index (χ0v) is 30.4. The second-order valence-electron chi connectivity index (χ2n) is 14.2. The molecule has 2 N–H and O–H groups in total. The van der Waals surface area contributed by atoms with Crippen molar-refractivity contribution >= 4 is 23.6 Å². The van der Waals surface area contributed by atoms with Gasteiger partial charge < -0.3 is 34.3 Å². The third-order valence-corrected chi connectivity index (χ3v) is 9.96. The molecule has 2 amide bonds. The molecule has 14 nitrogen and oxygen atoms in total. The van der Waals surface area contributed by atoms with E-state index in [4.69, 9.17) is 23.7 Å². The van der Waals surface area contributed by atoms with Crippen molar-refractivity contribution in [3.63, 3.8) is 0 Å². The van der Waals surface area contributed by atoms with Crippen LogP contribution < -0.4 is 20.1 Å². The van der Waals surface area contributed by atoms with Gasteiger partial charge in [0, 0.05) is 48.0 Å². The summed E-state index contributed by atoms with van der Waals surface area (Å²) < 4.78 is 28.1. The van der Waals surface area contributed by atoms with Crippen molar-refractivity contribution in [2.45, 2.75) is 96.2 Å². The highest BCUT2D eigenvalue weighted by Gasteiger charge is 2.58. The Morgan fingerprint density at radius 2 is 1.76 bits per heavy atom. The number of alkyl carbamates (subject to hydrolysis) is 1. The maximum atomic E-state index is 14.1. The van der Waals surface area contributed by atoms with Crippen LogP contribution >= 0.6 is 0 Å². The van der Waals surface area contributed by atoms with E-state index in [-0.39, 0.29) is 48.5 Å². The number of carbonyl (C=O) groups is 4. The molecule has 1 aromatic rings. The van der Waals surface area contributed by atoms with E-state index in [1.54, 1.807) is 34.8 Å². The third-order valence-electron chi connectivity index (χ3n) is 9.96. The third kappa shape index (κ3) is 6.34. The van der Waals surface area contributed by atoms with Crippen molar-refractivity contribution in [3.05, 3.63) is 45.2 Å². The average Bonchev–Trinajstić information content (AvgIpc) is 3.04. The number of amides is 2. The first kappa shape index (κ1) is 36.8. The number of nitrogens with one attached hydrogen (secondary N) is 2. The summed E-state index contributed by atoms with van der Waals surface area (Å²) in [6.07, 6.45) is -0.0997. The van der Waals surface area contributed by atoms with Gasteiger partial charge in [-0.05, 0) is 72.6 Å². The second kappa shape index (κ2) is 14.0. The summed E-state index contributed by atoms with van der Waals surface area (Å²) in [5.74, 6) is -0.298. The first-order valence-electron chi connectivity index (χ1n) is 16.7. The number of nitrogens with zero attached hydrogens (tertiary/aromatic N) is 3. The van der Waals surface area contributed by atoms with Gasteiger partial charge in [0.25, 0.3) is 0 Å². The fourth-order valence-corrected chi connectivity index (χ4v) is 7.95. The molecule has 6 atom stereocenters. The number of aryl methyl sites for hydroxylation is 1. The molecule has 3 aliphatic heterocycles. The van der Waals surface area contributed by atoms with Gasteiger partial charge in [-0.1, -0.05) is 6.07 Å². The molecule has 270 valence electrons. The molecule has 50 heavy (non-hydrogen) atoms. The van der Waals surface area contributed by atoms with Crippen molar-refractivity contribution in [1.82, 2.24) is 20.4 Å². The van der Waals surface area contributed by atoms with Crippen LogP contribution in [0.25, 0.3) is 0 Å². The van der Waals surface area contributed by atoms with Gasteiger partial charge in [0.1, 0.15) is 17.7 Å². The van der Waals surface area contributed by atoms with Crippen LogP contribution in [-0.2, 0) is 35.0 Å². The molecular formula is C36H47N5O9. The lowest BCUT2D eigenvalue weighted by Crippen LogP contribution is -2.71. The molecule has 5 rings (SSSR count). The van der Waals surface area contributed by atoms with Crippen LogP contribution in [0.3, 0.4) is 0 Å². The number of likely N-dealkylation sites (N-methyl/N-ethyl adjacent to an activating group) is 1. The number of hydrogen-bond donors (Lipinski definition) is 2. The molecule has 1 aliphatic carbocycles. The molecule has 1 aromatic carbocycles. The number of nitriles is 1. The van der Waals surface area contributed by atoms with Crippen LogP contribution in [-0.4, -0.2) is 111 Å². The predicted molar refractivity (Wildman–Crippen MR) is 180 cm³/mol. The Kier molecular flexibility index (Phi) is 10.3. The van der Waals surface area contributed by atoms with Crippen LogP contribution in [0.5, 0.6) is 11.5 Å². The Balaban J connectivity index is 1.62. The molecule has 0 radical (unpaired) electrons. The smallest absolute Gasteiger partial charge is 0.408 e. The van der Waals surface area contributed by atoms with E-state index in [2.05, 4.69) is 27.7 Å². The van der Waals surface area contributed by atoms with Crippen molar-refractivity contribution in [2.24, 2.45) is 0 Å². The minimum atomic E-state index is -0.986. The summed E-state index contributed by atoms with van der Waals surface area (Å²) in [6.45, 7) is 10.0. The minimum Gasteiger partial charge on any atom is -0.493 e. The standard InChI is InChI=1S/C36H47N5O9/c1-17-11-20-12-22-24(14-37)41-23(28(40(22)7)26(20)33(31(17)47-9)49-16-46-8)13-21-27(30(43)32(48-10)18(2)29(21)42)25(41)15-38-34(44)19(3)39-35(45)50-36(4,5)6/h11,19,22-25,28H,12-13,15-16H2,1-10H3,(H,38,44)(H,39,45)/t19-,22?,23?,24-,25-,28+/m0/s1. The molecule has 0 aromatic heterocycles. The van der Waals surface area contributed by atoms with Gasteiger partial charge in [0.05, 0.1) is 32.4 Å². The fourth-order valence-electron chi connectivity index (χ4n) is 7.95. The van der Waals surface area contributed by atoms with Crippen molar-refractivity contribution in [3.8, 4) is 17.6 Å². The second-order valence-corrected chi connectivity index (χ2v) is 14.2. The van der Waals surface area contributed by atoms with Gasteiger partial charge in [0.15, 0.2) is 29.8 Å². The number of ketones is 2. The lowest BCUT2D eigenvalue weighted by molar-refractivity contribution is -0.125.